The van der Waals surface area contributed by atoms with Gasteiger partial charge >= 0.3 is 0 Å². The van der Waals surface area contributed by atoms with Gasteiger partial charge in [-0.25, -0.2) is 10.2 Å². The van der Waals surface area contributed by atoms with Crippen LogP contribution in [0.3, 0.4) is 0 Å². The Morgan fingerprint density at radius 1 is 1.50 bits per heavy atom. The molecule has 0 bridgehead atoms. The van der Waals surface area contributed by atoms with Gasteiger partial charge < -0.3 is 0 Å². The molecule has 1 aromatic rings. The van der Waals surface area contributed by atoms with E-state index in [4.69, 9.17) is 5.84 Å². The molecule has 1 saturated heterocycles. The Labute approximate surface area is 119 Å². The molecule has 4 nitrogen and oxygen atoms in total. The first kappa shape index (κ1) is 14.9. The molecule has 1 aromatic carbocycles. The summed E-state index contributed by atoms with van der Waals surface area (Å²) in [7, 11) is 0. The number of hydrogen-bond donors (Lipinski definition) is 2. The highest BCUT2D eigenvalue weighted by Gasteiger charge is 2.25. The van der Waals surface area contributed by atoms with Crippen molar-refractivity contribution in [2.24, 2.45) is 11.8 Å². The van der Waals surface area contributed by atoms with Crippen LogP contribution in [0, 0.1) is 11.7 Å². The van der Waals surface area contributed by atoms with E-state index in [9.17, 15) is 9.18 Å². The second-order valence-corrected chi connectivity index (χ2v) is 5.61. The molecule has 0 radical (unpaired) electrons. The highest BCUT2D eigenvalue weighted by atomic mass is 19.1. The summed E-state index contributed by atoms with van der Waals surface area (Å²) in [5, 5.41) is 0. The molecule has 1 amide bonds. The molecule has 0 spiro atoms. The number of piperidine rings is 1. The third-order valence-electron chi connectivity index (χ3n) is 4.32. The summed E-state index contributed by atoms with van der Waals surface area (Å²) >= 11 is 0. The zero-order valence-corrected chi connectivity index (χ0v) is 12.0. The third-order valence-corrected chi connectivity index (χ3v) is 4.32. The molecule has 1 aliphatic heterocycles. The van der Waals surface area contributed by atoms with Crippen molar-refractivity contribution in [1.82, 2.24) is 10.3 Å². The van der Waals surface area contributed by atoms with Gasteiger partial charge in [-0.15, -0.1) is 0 Å². The summed E-state index contributed by atoms with van der Waals surface area (Å²) in [6.45, 7) is 5.91. The molecule has 2 atom stereocenters. The van der Waals surface area contributed by atoms with E-state index >= 15 is 0 Å². The number of rotatable bonds is 3. The molecule has 1 heterocycles. The van der Waals surface area contributed by atoms with Gasteiger partial charge in [-0.05, 0) is 50.4 Å². The van der Waals surface area contributed by atoms with Gasteiger partial charge in [0.15, 0.2) is 0 Å². The molecule has 1 fully saturated rings. The molecule has 2 unspecified atom stereocenters. The van der Waals surface area contributed by atoms with Gasteiger partial charge in [0, 0.05) is 23.7 Å². The minimum atomic E-state index is -0.397. The average Bonchev–Trinajstić information content (AvgIpc) is 2.45. The van der Waals surface area contributed by atoms with Crippen molar-refractivity contribution in [3.8, 4) is 0 Å². The molecule has 20 heavy (non-hydrogen) atoms. The molecule has 110 valence electrons. The number of nitrogens with one attached hydrogen (secondary N) is 1. The number of nitrogens with two attached hydrogens (primary N) is 1. The molecule has 2 rings (SSSR count). The van der Waals surface area contributed by atoms with Crippen LogP contribution in [0.15, 0.2) is 18.2 Å². The van der Waals surface area contributed by atoms with Crippen LogP contribution in [-0.4, -0.2) is 23.4 Å². The number of benzene rings is 1. The van der Waals surface area contributed by atoms with Gasteiger partial charge in [0.05, 0.1) is 0 Å². The summed E-state index contributed by atoms with van der Waals surface area (Å²) in [5.74, 6) is 5.06. The second kappa shape index (κ2) is 6.33. The van der Waals surface area contributed by atoms with E-state index in [0.29, 0.717) is 29.6 Å². The quantitative estimate of drug-likeness (QED) is 0.506. The van der Waals surface area contributed by atoms with Crippen molar-refractivity contribution in [3.63, 3.8) is 0 Å². The number of carbonyl (C=O) groups is 1. The smallest absolute Gasteiger partial charge is 0.265 e. The number of carbonyl (C=O) groups excluding carboxylic acids is 1. The first-order valence-corrected chi connectivity index (χ1v) is 7.06. The first-order chi connectivity index (χ1) is 9.52. The maximum Gasteiger partial charge on any atom is 0.265 e. The van der Waals surface area contributed by atoms with Gasteiger partial charge in [0.1, 0.15) is 5.82 Å². The fourth-order valence-electron chi connectivity index (χ4n) is 2.78. The fraction of sp³-hybridized carbons (Fsp3) is 0.533. The van der Waals surface area contributed by atoms with Crippen LogP contribution in [0.5, 0.6) is 0 Å². The molecule has 3 N–H and O–H groups in total. The highest BCUT2D eigenvalue weighted by molar-refractivity contribution is 5.93. The van der Waals surface area contributed by atoms with E-state index in [1.165, 1.54) is 18.6 Å². The van der Waals surface area contributed by atoms with Crippen LogP contribution in [0.1, 0.15) is 42.6 Å². The second-order valence-electron chi connectivity index (χ2n) is 5.61. The number of likely N-dealkylation sites (tertiary alicyclic amines) is 1. The van der Waals surface area contributed by atoms with E-state index < -0.39 is 5.91 Å². The lowest BCUT2D eigenvalue weighted by Crippen LogP contribution is -2.41. The number of nitrogens with zero attached hydrogens (tertiary/aromatic N) is 1. The van der Waals surface area contributed by atoms with Crippen LogP contribution in [0.2, 0.25) is 0 Å². The van der Waals surface area contributed by atoms with Crippen LogP contribution in [0.4, 0.5) is 4.39 Å². The van der Waals surface area contributed by atoms with Crippen molar-refractivity contribution >= 4 is 5.91 Å². The van der Waals surface area contributed by atoms with Gasteiger partial charge in [0.25, 0.3) is 5.91 Å². The van der Waals surface area contributed by atoms with Gasteiger partial charge in [0.2, 0.25) is 0 Å². The lowest BCUT2D eigenvalue weighted by Gasteiger charge is -2.38. The predicted octanol–water partition coefficient (Wildman–Crippen LogP) is 2.05. The van der Waals surface area contributed by atoms with E-state index in [0.717, 1.165) is 13.0 Å². The van der Waals surface area contributed by atoms with Crippen LogP contribution < -0.4 is 11.3 Å². The Morgan fingerprint density at radius 3 is 2.95 bits per heavy atom. The molecule has 0 aromatic heterocycles. The van der Waals surface area contributed by atoms with Crippen LogP contribution >= 0.6 is 0 Å². The lowest BCUT2D eigenvalue weighted by molar-refractivity contribution is 0.0952. The van der Waals surface area contributed by atoms with E-state index in [1.54, 1.807) is 6.07 Å². The van der Waals surface area contributed by atoms with Crippen molar-refractivity contribution in [2.75, 3.05) is 6.54 Å². The number of amides is 1. The zero-order valence-electron chi connectivity index (χ0n) is 12.0. The SMILES string of the molecule is CC1CCCN(Cc2cc(C(=O)NN)ccc2F)C1C. The monoisotopic (exact) mass is 279 g/mol. The van der Waals surface area contributed by atoms with Crippen molar-refractivity contribution in [2.45, 2.75) is 39.3 Å². The van der Waals surface area contributed by atoms with Crippen molar-refractivity contribution in [3.05, 3.63) is 35.1 Å². The summed E-state index contributed by atoms with van der Waals surface area (Å²) in [4.78, 5) is 13.8. The number of halogens is 1. The van der Waals surface area contributed by atoms with Crippen LogP contribution in [-0.2, 0) is 6.54 Å². The fourth-order valence-corrected chi connectivity index (χ4v) is 2.78. The number of hydrogen-bond acceptors (Lipinski definition) is 3. The maximum absolute atomic E-state index is 13.9. The molecule has 1 aliphatic rings. The summed E-state index contributed by atoms with van der Waals surface area (Å²) in [6, 6.07) is 4.79. The van der Waals surface area contributed by atoms with Crippen LogP contribution in [0.25, 0.3) is 0 Å². The largest absolute Gasteiger partial charge is 0.296 e. The van der Waals surface area contributed by atoms with Crippen molar-refractivity contribution in [1.29, 1.82) is 0 Å². The minimum Gasteiger partial charge on any atom is -0.296 e. The predicted molar refractivity (Wildman–Crippen MR) is 76.3 cm³/mol. The molecular formula is C15H22FN3O. The standard InChI is InChI=1S/C15H22FN3O/c1-10-4-3-7-19(11(10)2)9-13-8-12(15(20)18-17)5-6-14(13)16/h5-6,8,10-11H,3-4,7,9,17H2,1-2H3,(H,18,20). The molecule has 0 aliphatic carbocycles. The molecule has 0 saturated carbocycles. The van der Waals surface area contributed by atoms with E-state index in [1.807, 2.05) is 0 Å². The zero-order chi connectivity index (χ0) is 14.7. The highest BCUT2D eigenvalue weighted by Crippen LogP contribution is 2.25. The average molecular weight is 279 g/mol. The Hall–Kier alpha value is -1.46. The van der Waals surface area contributed by atoms with Crippen molar-refractivity contribution < 1.29 is 9.18 Å². The van der Waals surface area contributed by atoms with E-state index in [-0.39, 0.29) is 5.82 Å². The number of hydrazine groups is 1. The Bertz CT molecular complexity index is 492. The van der Waals surface area contributed by atoms with Gasteiger partial charge in [-0.2, -0.15) is 0 Å². The molecule has 5 heteroatoms. The Balaban J connectivity index is 2.17. The Morgan fingerprint density at radius 2 is 2.25 bits per heavy atom. The summed E-state index contributed by atoms with van der Waals surface area (Å²) in [5.41, 5.74) is 3.01. The maximum atomic E-state index is 13.9. The molecular weight excluding hydrogens is 257 g/mol. The summed E-state index contributed by atoms with van der Waals surface area (Å²) < 4.78 is 13.9. The first-order valence-electron chi connectivity index (χ1n) is 7.06. The van der Waals surface area contributed by atoms with Gasteiger partial charge in [-0.1, -0.05) is 6.92 Å². The Kier molecular flexibility index (Phi) is 4.73. The van der Waals surface area contributed by atoms with Gasteiger partial charge in [-0.3, -0.25) is 15.1 Å². The topological polar surface area (TPSA) is 58.4 Å². The summed E-state index contributed by atoms with van der Waals surface area (Å²) in [6.07, 6.45) is 2.35. The third kappa shape index (κ3) is 3.16. The minimum absolute atomic E-state index is 0.274. The lowest BCUT2D eigenvalue weighted by atomic mass is 9.91. The van der Waals surface area contributed by atoms with E-state index in [2.05, 4.69) is 24.2 Å². The normalized spacial score (nSPS) is 23.6. The number of nitrogen functional groups attached to an aromatic ring is 1.